The minimum atomic E-state index is -1.16. The van der Waals surface area contributed by atoms with Gasteiger partial charge in [0.25, 0.3) is 0 Å². The SMILES string of the molecule is O=C(O)CC(=O)ON1CCC1.[H-].[H-].[Na+].[Na+]. The fourth-order valence-electron chi connectivity index (χ4n) is 0.678. The third kappa shape index (κ3) is 6.90. The van der Waals surface area contributed by atoms with Crippen LogP contribution in [0.15, 0.2) is 0 Å². The Balaban J connectivity index is -0.000000151. The van der Waals surface area contributed by atoms with Gasteiger partial charge in [0, 0.05) is 13.1 Å². The fraction of sp³-hybridized carbons (Fsp3) is 0.667. The first-order valence-corrected chi connectivity index (χ1v) is 3.36. The minimum absolute atomic E-state index is 0. The summed E-state index contributed by atoms with van der Waals surface area (Å²) in [6.07, 6.45) is 0.441. The number of aliphatic carboxylic acids is 1. The Labute approximate surface area is 123 Å². The van der Waals surface area contributed by atoms with Crippen LogP contribution in [-0.2, 0) is 14.4 Å². The maximum Gasteiger partial charge on any atom is 1.00 e. The molecular formula is C6H11NNa2O4. The number of carboxylic acids is 1. The fourth-order valence-corrected chi connectivity index (χ4v) is 0.678. The van der Waals surface area contributed by atoms with Crippen molar-refractivity contribution in [3.05, 3.63) is 0 Å². The molecule has 0 atom stereocenters. The second kappa shape index (κ2) is 8.23. The smallest absolute Gasteiger partial charge is 1.00 e. The molecule has 7 heteroatoms. The number of hydrogen-bond acceptors (Lipinski definition) is 4. The molecule has 5 nitrogen and oxygen atoms in total. The van der Waals surface area contributed by atoms with Gasteiger partial charge >= 0.3 is 71.1 Å². The van der Waals surface area contributed by atoms with Crippen molar-refractivity contribution in [1.82, 2.24) is 5.06 Å². The molecule has 1 aliphatic rings. The molecule has 1 fully saturated rings. The summed E-state index contributed by atoms with van der Waals surface area (Å²) in [6, 6.07) is 0. The van der Waals surface area contributed by atoms with Gasteiger partial charge in [0.15, 0.2) is 0 Å². The van der Waals surface area contributed by atoms with Crippen molar-refractivity contribution in [1.29, 1.82) is 0 Å². The maximum atomic E-state index is 10.6. The van der Waals surface area contributed by atoms with Gasteiger partial charge < -0.3 is 12.8 Å². The summed E-state index contributed by atoms with van der Waals surface area (Å²) >= 11 is 0. The number of hydrogen-bond donors (Lipinski definition) is 1. The van der Waals surface area contributed by atoms with Gasteiger partial charge in [-0.1, -0.05) is 0 Å². The van der Waals surface area contributed by atoms with Crippen molar-refractivity contribution in [3.63, 3.8) is 0 Å². The Morgan fingerprint density at radius 2 is 1.92 bits per heavy atom. The number of hydroxylamine groups is 2. The molecule has 0 radical (unpaired) electrons. The van der Waals surface area contributed by atoms with Crippen LogP contribution < -0.4 is 59.1 Å². The third-order valence-corrected chi connectivity index (χ3v) is 1.34. The first kappa shape index (κ1) is 16.3. The van der Waals surface area contributed by atoms with E-state index >= 15 is 0 Å². The second-order valence-electron chi connectivity index (χ2n) is 2.32. The molecule has 0 aromatic carbocycles. The summed E-state index contributed by atoms with van der Waals surface area (Å²) in [5.41, 5.74) is 0. The Bertz CT molecular complexity index is 192. The minimum Gasteiger partial charge on any atom is -1.00 e. The van der Waals surface area contributed by atoms with Crippen LogP contribution >= 0.6 is 0 Å². The van der Waals surface area contributed by atoms with E-state index in [1.165, 1.54) is 5.06 Å². The number of nitrogens with zero attached hydrogens (tertiary/aromatic N) is 1. The van der Waals surface area contributed by atoms with Crippen molar-refractivity contribution in [3.8, 4) is 0 Å². The second-order valence-corrected chi connectivity index (χ2v) is 2.32. The van der Waals surface area contributed by atoms with E-state index in [-0.39, 0.29) is 62.0 Å². The molecule has 0 bridgehead atoms. The van der Waals surface area contributed by atoms with Crippen LogP contribution in [0.1, 0.15) is 15.7 Å². The van der Waals surface area contributed by atoms with E-state index in [9.17, 15) is 9.59 Å². The molecule has 0 saturated carbocycles. The van der Waals surface area contributed by atoms with E-state index in [0.29, 0.717) is 13.1 Å². The number of carbonyl (C=O) groups excluding carboxylic acids is 1. The van der Waals surface area contributed by atoms with Gasteiger partial charge in [-0.2, -0.15) is 0 Å². The Morgan fingerprint density at radius 3 is 2.23 bits per heavy atom. The Kier molecular flexibility index (Phi) is 10.3. The molecule has 0 aliphatic carbocycles. The number of rotatable bonds is 3. The van der Waals surface area contributed by atoms with Crippen LogP contribution in [-0.4, -0.2) is 35.2 Å². The molecule has 1 N–H and O–H groups in total. The molecule has 0 unspecified atom stereocenters. The zero-order valence-electron chi connectivity index (χ0n) is 9.95. The van der Waals surface area contributed by atoms with Crippen molar-refractivity contribution < 1.29 is 81.5 Å². The molecule has 0 aromatic heterocycles. The van der Waals surface area contributed by atoms with E-state index in [1.54, 1.807) is 0 Å². The quantitative estimate of drug-likeness (QED) is 0.368. The van der Waals surface area contributed by atoms with E-state index in [0.717, 1.165) is 6.42 Å². The topological polar surface area (TPSA) is 66.8 Å². The van der Waals surface area contributed by atoms with Crippen molar-refractivity contribution in [2.75, 3.05) is 13.1 Å². The number of carboxylic acid groups (broad SMARTS) is 1. The van der Waals surface area contributed by atoms with Gasteiger partial charge in [0.05, 0.1) is 0 Å². The van der Waals surface area contributed by atoms with Crippen LogP contribution in [0.25, 0.3) is 0 Å². The van der Waals surface area contributed by atoms with E-state index in [2.05, 4.69) is 4.84 Å². The first-order valence-electron chi connectivity index (χ1n) is 3.36. The molecule has 0 amide bonds. The zero-order chi connectivity index (χ0) is 8.27. The maximum absolute atomic E-state index is 10.6. The summed E-state index contributed by atoms with van der Waals surface area (Å²) in [5, 5.41) is 9.62. The molecular weight excluding hydrogens is 196 g/mol. The van der Waals surface area contributed by atoms with Crippen molar-refractivity contribution >= 4 is 11.9 Å². The Morgan fingerprint density at radius 1 is 1.38 bits per heavy atom. The molecule has 0 aromatic rings. The van der Waals surface area contributed by atoms with Gasteiger partial charge in [-0.15, -0.1) is 5.06 Å². The van der Waals surface area contributed by atoms with Crippen LogP contribution in [0.3, 0.4) is 0 Å². The van der Waals surface area contributed by atoms with Gasteiger partial charge in [-0.05, 0) is 6.42 Å². The van der Waals surface area contributed by atoms with Crippen LogP contribution in [0, 0.1) is 0 Å². The molecule has 66 valence electrons. The number of carbonyl (C=O) groups is 2. The molecule has 1 rings (SSSR count). The molecule has 13 heavy (non-hydrogen) atoms. The summed E-state index contributed by atoms with van der Waals surface area (Å²) in [4.78, 5) is 25.2. The van der Waals surface area contributed by atoms with Crippen LogP contribution in [0.4, 0.5) is 0 Å². The van der Waals surface area contributed by atoms with Gasteiger partial charge in [-0.3, -0.25) is 4.79 Å². The van der Waals surface area contributed by atoms with E-state index in [4.69, 9.17) is 5.11 Å². The molecule has 1 saturated heterocycles. The first-order chi connectivity index (χ1) is 5.18. The summed E-state index contributed by atoms with van der Waals surface area (Å²) < 4.78 is 0. The van der Waals surface area contributed by atoms with Crippen LogP contribution in [0.2, 0.25) is 0 Å². The standard InChI is InChI=1S/C6H9NO4.2Na.2H/c8-5(9)4-6(10)11-7-2-1-3-7;;;;/h1-4H2,(H,8,9);;;;/q;2*+1;2*-1. The summed E-state index contributed by atoms with van der Waals surface area (Å²) in [5.74, 6) is -1.85. The summed E-state index contributed by atoms with van der Waals surface area (Å²) in [7, 11) is 0. The average Bonchev–Trinajstić information content (AvgIpc) is 1.77. The van der Waals surface area contributed by atoms with Gasteiger partial charge in [-0.25, -0.2) is 4.79 Å². The van der Waals surface area contributed by atoms with E-state index in [1.807, 2.05) is 0 Å². The molecule has 1 aliphatic heterocycles. The largest absolute Gasteiger partial charge is 1.00 e. The van der Waals surface area contributed by atoms with Gasteiger partial charge in [0.2, 0.25) is 0 Å². The third-order valence-electron chi connectivity index (χ3n) is 1.34. The predicted octanol–water partition coefficient (Wildman–Crippen LogP) is -6.14. The summed E-state index contributed by atoms with van der Waals surface area (Å²) in [6.45, 7) is 1.43. The van der Waals surface area contributed by atoms with E-state index < -0.39 is 18.4 Å². The van der Waals surface area contributed by atoms with Crippen LogP contribution in [0.5, 0.6) is 0 Å². The Hall–Kier alpha value is 0.900. The monoisotopic (exact) mass is 207 g/mol. The predicted molar refractivity (Wildman–Crippen MR) is 36.8 cm³/mol. The van der Waals surface area contributed by atoms with Crippen molar-refractivity contribution in [2.24, 2.45) is 0 Å². The normalized spacial score (nSPS) is 14.5. The zero-order valence-corrected chi connectivity index (χ0v) is 11.9. The van der Waals surface area contributed by atoms with Gasteiger partial charge in [0.1, 0.15) is 6.42 Å². The molecule has 1 heterocycles. The molecule has 0 spiro atoms. The van der Waals surface area contributed by atoms with Crippen molar-refractivity contribution in [2.45, 2.75) is 12.8 Å². The average molecular weight is 207 g/mol.